The van der Waals surface area contributed by atoms with Crippen molar-refractivity contribution in [3.8, 4) is 22.9 Å². The smallest absolute Gasteiger partial charge is 0.342 e. The lowest BCUT2D eigenvalue weighted by Gasteiger charge is -2.12. The molecule has 0 aliphatic carbocycles. The Balaban J connectivity index is 1.50. The van der Waals surface area contributed by atoms with E-state index in [9.17, 15) is 14.3 Å². The predicted octanol–water partition coefficient (Wildman–Crippen LogP) is 6.07. The molecule has 7 nitrogen and oxygen atoms in total. The molecule has 178 valence electrons. The van der Waals surface area contributed by atoms with Gasteiger partial charge < -0.3 is 14.6 Å². The quantitative estimate of drug-likeness (QED) is 0.208. The van der Waals surface area contributed by atoms with Crippen LogP contribution in [0.15, 0.2) is 76.8 Å². The van der Waals surface area contributed by atoms with Crippen LogP contribution in [0.25, 0.3) is 17.5 Å². The number of aromatic amines is 1. The SMILES string of the molecule is COc1cc(/C=C(\Sc2n[nH]c(-c3ccc(Cl)cc3)n2)C(=O)O)ccc1OCc1ccc(F)cc1. The monoisotopic (exact) mass is 511 g/mol. The lowest BCUT2D eigenvalue weighted by Crippen LogP contribution is -1.99. The number of nitrogens with one attached hydrogen (secondary N) is 1. The van der Waals surface area contributed by atoms with Gasteiger partial charge in [0.15, 0.2) is 17.3 Å². The minimum absolute atomic E-state index is 0.0219. The number of rotatable bonds is 9. The summed E-state index contributed by atoms with van der Waals surface area (Å²) in [6, 6.07) is 18.1. The minimum atomic E-state index is -1.12. The van der Waals surface area contributed by atoms with Gasteiger partial charge in [0.1, 0.15) is 17.3 Å². The second kappa shape index (κ2) is 11.1. The minimum Gasteiger partial charge on any atom is -0.493 e. The number of hydrogen-bond acceptors (Lipinski definition) is 6. The zero-order valence-corrected chi connectivity index (χ0v) is 19.9. The molecule has 0 unspecified atom stereocenters. The molecule has 1 aromatic heterocycles. The molecule has 0 spiro atoms. The fourth-order valence-corrected chi connectivity index (χ4v) is 3.88. The molecule has 0 saturated carbocycles. The second-order valence-corrected chi connectivity index (χ2v) is 8.66. The Kier molecular flexibility index (Phi) is 7.69. The summed E-state index contributed by atoms with van der Waals surface area (Å²) in [5.41, 5.74) is 2.16. The second-order valence-electron chi connectivity index (χ2n) is 7.21. The highest BCUT2D eigenvalue weighted by Gasteiger charge is 2.15. The molecule has 4 rings (SSSR count). The maximum absolute atomic E-state index is 13.1. The van der Waals surface area contributed by atoms with Crippen LogP contribution in [0.4, 0.5) is 4.39 Å². The number of ether oxygens (including phenoxy) is 2. The van der Waals surface area contributed by atoms with E-state index >= 15 is 0 Å². The molecule has 2 N–H and O–H groups in total. The highest BCUT2D eigenvalue weighted by molar-refractivity contribution is 8.04. The third-order valence-corrected chi connectivity index (χ3v) is 5.92. The van der Waals surface area contributed by atoms with E-state index in [0.29, 0.717) is 27.9 Å². The number of aromatic nitrogens is 3. The first-order chi connectivity index (χ1) is 16.9. The largest absolute Gasteiger partial charge is 0.493 e. The maximum atomic E-state index is 13.1. The molecule has 4 aromatic rings. The molecule has 0 aliphatic heterocycles. The van der Waals surface area contributed by atoms with Crippen molar-refractivity contribution < 1.29 is 23.8 Å². The van der Waals surface area contributed by atoms with Gasteiger partial charge in [-0.15, -0.1) is 5.10 Å². The van der Waals surface area contributed by atoms with Crippen LogP contribution >= 0.6 is 23.4 Å². The molecule has 0 amide bonds. The number of thioether (sulfide) groups is 1. The van der Waals surface area contributed by atoms with Crippen LogP contribution in [0.1, 0.15) is 11.1 Å². The summed E-state index contributed by atoms with van der Waals surface area (Å²) in [6.45, 7) is 0.225. The van der Waals surface area contributed by atoms with Crippen LogP contribution < -0.4 is 9.47 Å². The predicted molar refractivity (Wildman–Crippen MR) is 132 cm³/mol. The Morgan fingerprint density at radius 3 is 2.54 bits per heavy atom. The zero-order valence-electron chi connectivity index (χ0n) is 18.4. The molecule has 10 heteroatoms. The van der Waals surface area contributed by atoms with Gasteiger partial charge in [-0.2, -0.15) is 0 Å². The number of methoxy groups -OCH3 is 1. The summed E-state index contributed by atoms with van der Waals surface area (Å²) in [5, 5.41) is 17.5. The van der Waals surface area contributed by atoms with Gasteiger partial charge in [0.25, 0.3) is 0 Å². The molecule has 0 radical (unpaired) electrons. The summed E-state index contributed by atoms with van der Waals surface area (Å²) in [4.78, 5) is 16.3. The van der Waals surface area contributed by atoms with Crippen LogP contribution in [0.3, 0.4) is 0 Å². The van der Waals surface area contributed by atoms with Gasteiger partial charge in [-0.1, -0.05) is 29.8 Å². The van der Waals surface area contributed by atoms with Crippen molar-refractivity contribution in [2.45, 2.75) is 11.8 Å². The topological polar surface area (TPSA) is 97.3 Å². The van der Waals surface area contributed by atoms with Crippen LogP contribution in [0.2, 0.25) is 5.02 Å². The number of H-pyrrole nitrogens is 1. The van der Waals surface area contributed by atoms with Gasteiger partial charge in [-0.25, -0.2) is 14.2 Å². The summed E-state index contributed by atoms with van der Waals surface area (Å²) >= 11 is 6.83. The van der Waals surface area contributed by atoms with E-state index in [1.54, 1.807) is 54.6 Å². The summed E-state index contributed by atoms with van der Waals surface area (Å²) in [6.07, 6.45) is 1.50. The van der Waals surface area contributed by atoms with E-state index in [1.165, 1.54) is 25.3 Å². The Bertz CT molecular complexity index is 1360. The average Bonchev–Trinajstić information content (AvgIpc) is 3.32. The van der Waals surface area contributed by atoms with Gasteiger partial charge in [0.05, 0.1) is 7.11 Å². The molecule has 1 heterocycles. The molecular weight excluding hydrogens is 493 g/mol. The van der Waals surface area contributed by atoms with Crippen molar-refractivity contribution in [2.75, 3.05) is 7.11 Å². The first-order valence-electron chi connectivity index (χ1n) is 10.3. The normalized spacial score (nSPS) is 11.3. The van der Waals surface area contributed by atoms with Crippen molar-refractivity contribution in [1.29, 1.82) is 0 Å². The van der Waals surface area contributed by atoms with E-state index in [1.807, 2.05) is 0 Å². The Hall–Kier alpha value is -3.82. The fourth-order valence-electron chi connectivity index (χ4n) is 3.05. The van der Waals surface area contributed by atoms with Gasteiger partial charge >= 0.3 is 5.97 Å². The maximum Gasteiger partial charge on any atom is 0.342 e. The number of carboxylic acids is 1. The van der Waals surface area contributed by atoms with E-state index in [-0.39, 0.29) is 22.5 Å². The van der Waals surface area contributed by atoms with Gasteiger partial charge in [-0.3, -0.25) is 5.10 Å². The standard InChI is InChI=1S/C25H19ClFN3O4S/c1-33-21-12-16(4-11-20(21)34-14-15-2-9-19(27)10-3-15)13-22(24(31)32)35-25-28-23(29-30-25)17-5-7-18(26)8-6-17/h2-13H,14H2,1H3,(H,31,32)(H,28,29,30)/b22-13-. The molecule has 0 atom stereocenters. The van der Waals surface area contributed by atoms with Crippen molar-refractivity contribution in [3.63, 3.8) is 0 Å². The Morgan fingerprint density at radius 2 is 1.86 bits per heavy atom. The van der Waals surface area contributed by atoms with Crippen LogP contribution in [0.5, 0.6) is 11.5 Å². The summed E-state index contributed by atoms with van der Waals surface area (Å²) in [7, 11) is 1.49. The summed E-state index contributed by atoms with van der Waals surface area (Å²) < 4.78 is 24.3. The Morgan fingerprint density at radius 1 is 1.11 bits per heavy atom. The summed E-state index contributed by atoms with van der Waals surface area (Å²) in [5.74, 6) is -0.0407. The molecule has 35 heavy (non-hydrogen) atoms. The van der Waals surface area contributed by atoms with Crippen LogP contribution in [-0.2, 0) is 11.4 Å². The molecule has 3 aromatic carbocycles. The van der Waals surface area contributed by atoms with Crippen molar-refractivity contribution in [2.24, 2.45) is 0 Å². The number of hydrogen-bond donors (Lipinski definition) is 2. The van der Waals surface area contributed by atoms with Crippen molar-refractivity contribution in [3.05, 3.63) is 93.6 Å². The third-order valence-electron chi connectivity index (χ3n) is 4.79. The number of halogens is 2. The Labute approximate surface area is 209 Å². The van der Waals surface area contributed by atoms with Crippen LogP contribution in [-0.4, -0.2) is 33.4 Å². The van der Waals surface area contributed by atoms with Gasteiger partial charge in [0.2, 0.25) is 5.16 Å². The van der Waals surface area contributed by atoms with Crippen molar-refractivity contribution >= 4 is 35.4 Å². The highest BCUT2D eigenvalue weighted by atomic mass is 35.5. The lowest BCUT2D eigenvalue weighted by atomic mass is 10.2. The average molecular weight is 512 g/mol. The number of nitrogens with zero attached hydrogens (tertiary/aromatic N) is 2. The van der Waals surface area contributed by atoms with Gasteiger partial charge in [-0.05, 0) is 77.5 Å². The van der Waals surface area contributed by atoms with Crippen molar-refractivity contribution in [1.82, 2.24) is 15.2 Å². The molecule has 0 aliphatic rings. The number of carboxylic acid groups (broad SMARTS) is 1. The van der Waals surface area contributed by atoms with E-state index in [4.69, 9.17) is 21.1 Å². The lowest BCUT2D eigenvalue weighted by molar-refractivity contribution is -0.131. The molecular formula is C25H19ClFN3O4S. The van der Waals surface area contributed by atoms with Crippen LogP contribution in [0, 0.1) is 5.82 Å². The number of aliphatic carboxylic acids is 1. The fraction of sp³-hybridized carbons (Fsp3) is 0.0800. The zero-order chi connectivity index (χ0) is 24.8. The van der Waals surface area contributed by atoms with Gasteiger partial charge in [0, 0.05) is 10.6 Å². The number of carbonyl (C=O) groups is 1. The molecule has 0 fully saturated rings. The number of benzene rings is 3. The van der Waals surface area contributed by atoms with E-state index in [0.717, 1.165) is 22.9 Å². The molecule has 0 saturated heterocycles. The highest BCUT2D eigenvalue weighted by Crippen LogP contribution is 2.32. The first-order valence-corrected chi connectivity index (χ1v) is 11.5. The van der Waals surface area contributed by atoms with E-state index in [2.05, 4.69) is 15.2 Å². The first kappa shape index (κ1) is 24.3. The third kappa shape index (κ3) is 6.40. The molecule has 0 bridgehead atoms. The van der Waals surface area contributed by atoms with E-state index < -0.39 is 5.97 Å².